The second kappa shape index (κ2) is 7.75. The van der Waals surface area contributed by atoms with Gasteiger partial charge in [-0.25, -0.2) is 14.8 Å². The molecule has 0 radical (unpaired) electrons. The van der Waals surface area contributed by atoms with Crippen LogP contribution in [0.4, 0.5) is 10.6 Å². The number of carbonyl (C=O) groups excluding carboxylic acids is 1. The molecule has 0 aliphatic carbocycles. The molecule has 0 bridgehead atoms. The van der Waals surface area contributed by atoms with Gasteiger partial charge in [0, 0.05) is 30.1 Å². The first-order valence-electron chi connectivity index (χ1n) is 9.24. The lowest BCUT2D eigenvalue weighted by atomic mass is 10.1. The molecule has 2 heterocycles. The fourth-order valence-electron chi connectivity index (χ4n) is 3.53. The Bertz CT molecular complexity index is 1090. The molecule has 8 heteroatoms. The van der Waals surface area contributed by atoms with Crippen molar-refractivity contribution >= 4 is 29.1 Å². The number of likely N-dealkylation sites (tertiary alicyclic amines) is 1. The van der Waals surface area contributed by atoms with Crippen LogP contribution in [0.5, 0.6) is 5.75 Å². The summed E-state index contributed by atoms with van der Waals surface area (Å²) in [5, 5.41) is 13.4. The van der Waals surface area contributed by atoms with E-state index in [-0.39, 0.29) is 6.04 Å². The van der Waals surface area contributed by atoms with Gasteiger partial charge in [-0.15, -0.1) is 0 Å². The summed E-state index contributed by atoms with van der Waals surface area (Å²) in [6.07, 6.45) is 0.546. The minimum atomic E-state index is -0.919. The standard InChI is InChI=1S/C21H20N4O4/c1-29-18-7-6-13(12-26)10-16(18)20-23-17-5-3-2-4-15(17)19(24-20)22-14-8-9-25(11-14)21(27)28/h2-7,10,12,14H,8-9,11H2,1H3,(H,27,28)(H,22,23,24). The minimum Gasteiger partial charge on any atom is -0.496 e. The predicted octanol–water partition coefficient (Wildman–Crippen LogP) is 3.28. The van der Waals surface area contributed by atoms with Crippen molar-refractivity contribution in [2.24, 2.45) is 0 Å². The van der Waals surface area contributed by atoms with Crippen molar-refractivity contribution in [1.82, 2.24) is 14.9 Å². The third kappa shape index (κ3) is 3.69. The molecule has 8 nitrogen and oxygen atoms in total. The number of hydrogen-bond acceptors (Lipinski definition) is 6. The molecule has 0 saturated carbocycles. The molecule has 1 atom stereocenters. The maximum absolute atomic E-state index is 11.2. The van der Waals surface area contributed by atoms with Gasteiger partial charge in [-0.1, -0.05) is 12.1 Å². The lowest BCUT2D eigenvalue weighted by Gasteiger charge is -2.17. The van der Waals surface area contributed by atoms with Gasteiger partial charge in [-0.2, -0.15) is 0 Å². The first kappa shape index (κ1) is 18.7. The number of nitrogens with one attached hydrogen (secondary N) is 1. The van der Waals surface area contributed by atoms with E-state index in [0.29, 0.717) is 48.0 Å². The van der Waals surface area contributed by atoms with Gasteiger partial charge in [0.25, 0.3) is 0 Å². The highest BCUT2D eigenvalue weighted by Crippen LogP contribution is 2.32. The first-order chi connectivity index (χ1) is 14.1. The lowest BCUT2D eigenvalue weighted by molar-refractivity contribution is 0.112. The number of methoxy groups -OCH3 is 1. The van der Waals surface area contributed by atoms with Crippen LogP contribution < -0.4 is 10.1 Å². The molecular weight excluding hydrogens is 372 g/mol. The van der Waals surface area contributed by atoms with Gasteiger partial charge in [-0.3, -0.25) is 4.79 Å². The van der Waals surface area contributed by atoms with Crippen molar-refractivity contribution in [2.75, 3.05) is 25.5 Å². The van der Waals surface area contributed by atoms with Crippen LogP contribution in [-0.2, 0) is 0 Å². The third-order valence-electron chi connectivity index (χ3n) is 5.00. The van der Waals surface area contributed by atoms with Gasteiger partial charge in [0.15, 0.2) is 5.82 Å². The van der Waals surface area contributed by atoms with Crippen LogP contribution in [-0.4, -0.2) is 58.6 Å². The number of fused-ring (bicyclic) bond motifs is 1. The van der Waals surface area contributed by atoms with Crippen LogP contribution in [0.15, 0.2) is 42.5 Å². The van der Waals surface area contributed by atoms with Crippen molar-refractivity contribution in [3.8, 4) is 17.1 Å². The summed E-state index contributed by atoms with van der Waals surface area (Å²) in [5.41, 5.74) is 1.86. The second-order valence-corrected chi connectivity index (χ2v) is 6.85. The maximum Gasteiger partial charge on any atom is 0.407 e. The number of benzene rings is 2. The van der Waals surface area contributed by atoms with Crippen molar-refractivity contribution in [3.05, 3.63) is 48.0 Å². The van der Waals surface area contributed by atoms with Crippen molar-refractivity contribution in [2.45, 2.75) is 12.5 Å². The van der Waals surface area contributed by atoms with Crippen LogP contribution in [0.2, 0.25) is 0 Å². The average Bonchev–Trinajstić information content (AvgIpc) is 3.22. The maximum atomic E-state index is 11.2. The van der Waals surface area contributed by atoms with Gasteiger partial charge in [-0.05, 0) is 36.8 Å². The summed E-state index contributed by atoms with van der Waals surface area (Å²) >= 11 is 0. The third-order valence-corrected chi connectivity index (χ3v) is 5.00. The molecule has 1 aliphatic rings. The number of amides is 1. The first-order valence-corrected chi connectivity index (χ1v) is 9.24. The van der Waals surface area contributed by atoms with E-state index in [9.17, 15) is 14.7 Å². The zero-order valence-electron chi connectivity index (χ0n) is 15.8. The summed E-state index contributed by atoms with van der Waals surface area (Å²) in [7, 11) is 1.55. The van der Waals surface area contributed by atoms with Gasteiger partial charge >= 0.3 is 6.09 Å². The van der Waals surface area contributed by atoms with Gasteiger partial charge < -0.3 is 20.1 Å². The van der Waals surface area contributed by atoms with E-state index in [4.69, 9.17) is 9.72 Å². The highest BCUT2D eigenvalue weighted by Gasteiger charge is 2.26. The smallest absolute Gasteiger partial charge is 0.407 e. The molecular formula is C21H20N4O4. The molecule has 148 valence electrons. The molecule has 2 aromatic carbocycles. The minimum absolute atomic E-state index is 0.0412. The Morgan fingerprint density at radius 1 is 1.28 bits per heavy atom. The zero-order chi connectivity index (χ0) is 20.4. The van der Waals surface area contributed by atoms with Crippen molar-refractivity contribution < 1.29 is 19.4 Å². The van der Waals surface area contributed by atoms with Gasteiger partial charge in [0.2, 0.25) is 0 Å². The number of carbonyl (C=O) groups is 2. The second-order valence-electron chi connectivity index (χ2n) is 6.85. The molecule has 3 aromatic rings. The number of aromatic nitrogens is 2. The molecule has 0 spiro atoms. The van der Waals surface area contributed by atoms with Crippen LogP contribution in [0, 0.1) is 0 Å². The van der Waals surface area contributed by atoms with E-state index in [1.165, 1.54) is 4.90 Å². The van der Waals surface area contributed by atoms with E-state index in [1.807, 2.05) is 24.3 Å². The summed E-state index contributed by atoms with van der Waals surface area (Å²) in [6, 6.07) is 12.7. The number of anilines is 1. The fourth-order valence-corrected chi connectivity index (χ4v) is 3.53. The molecule has 4 rings (SSSR count). The Morgan fingerprint density at radius 2 is 2.10 bits per heavy atom. The Balaban J connectivity index is 1.78. The lowest BCUT2D eigenvalue weighted by Crippen LogP contribution is -2.30. The van der Waals surface area contributed by atoms with Crippen LogP contribution in [0.3, 0.4) is 0 Å². The van der Waals surface area contributed by atoms with Crippen LogP contribution in [0.1, 0.15) is 16.8 Å². The normalized spacial score (nSPS) is 16.0. The van der Waals surface area contributed by atoms with E-state index in [0.717, 1.165) is 17.2 Å². The van der Waals surface area contributed by atoms with E-state index >= 15 is 0 Å². The molecule has 29 heavy (non-hydrogen) atoms. The Kier molecular flexibility index (Phi) is 4.99. The quantitative estimate of drug-likeness (QED) is 0.642. The number of para-hydroxylation sites is 1. The number of rotatable bonds is 5. The molecule has 1 fully saturated rings. The zero-order valence-corrected chi connectivity index (χ0v) is 15.8. The van der Waals surface area contributed by atoms with Gasteiger partial charge in [0.05, 0.1) is 18.2 Å². The van der Waals surface area contributed by atoms with Crippen LogP contribution >= 0.6 is 0 Å². The molecule has 1 amide bonds. The molecule has 1 unspecified atom stereocenters. The summed E-state index contributed by atoms with van der Waals surface area (Å²) in [5.74, 6) is 1.62. The monoisotopic (exact) mass is 392 g/mol. The molecule has 2 N–H and O–H groups in total. The van der Waals surface area contributed by atoms with Crippen molar-refractivity contribution in [1.29, 1.82) is 0 Å². The number of hydrogen-bond donors (Lipinski definition) is 2. The molecule has 1 aliphatic heterocycles. The average molecular weight is 392 g/mol. The molecule has 1 saturated heterocycles. The van der Waals surface area contributed by atoms with E-state index < -0.39 is 6.09 Å². The SMILES string of the molecule is COc1ccc(C=O)cc1-c1nc(NC2CCN(C(=O)O)C2)c2ccccc2n1. The van der Waals surface area contributed by atoms with Gasteiger partial charge in [0.1, 0.15) is 17.9 Å². The Labute approximate surface area is 167 Å². The molecule has 1 aromatic heterocycles. The number of ether oxygens (including phenoxy) is 1. The number of aldehydes is 1. The fraction of sp³-hybridized carbons (Fsp3) is 0.238. The van der Waals surface area contributed by atoms with E-state index in [2.05, 4.69) is 10.3 Å². The Morgan fingerprint density at radius 3 is 2.83 bits per heavy atom. The highest BCUT2D eigenvalue weighted by atomic mass is 16.5. The van der Waals surface area contributed by atoms with Crippen molar-refractivity contribution in [3.63, 3.8) is 0 Å². The Hall–Kier alpha value is -3.68. The number of nitrogens with zero attached hydrogens (tertiary/aromatic N) is 3. The summed E-state index contributed by atoms with van der Waals surface area (Å²) < 4.78 is 5.44. The number of carboxylic acid groups (broad SMARTS) is 1. The topological polar surface area (TPSA) is 105 Å². The van der Waals surface area contributed by atoms with Crippen LogP contribution in [0.25, 0.3) is 22.3 Å². The predicted molar refractivity (Wildman–Crippen MR) is 109 cm³/mol. The summed E-state index contributed by atoms with van der Waals surface area (Å²) in [4.78, 5) is 33.2. The largest absolute Gasteiger partial charge is 0.496 e. The van der Waals surface area contributed by atoms with E-state index in [1.54, 1.807) is 25.3 Å². The highest BCUT2D eigenvalue weighted by molar-refractivity contribution is 5.91. The summed E-state index contributed by atoms with van der Waals surface area (Å²) in [6.45, 7) is 0.880.